The Labute approximate surface area is 112 Å². The van der Waals surface area contributed by atoms with E-state index in [9.17, 15) is 0 Å². The summed E-state index contributed by atoms with van der Waals surface area (Å²) >= 11 is 0. The van der Waals surface area contributed by atoms with Crippen LogP contribution in [0, 0.1) is 0 Å². The zero-order valence-electron chi connectivity index (χ0n) is 12.2. The Kier molecular flexibility index (Phi) is 6.99. The average molecular weight is 249 g/mol. The third kappa shape index (κ3) is 4.79. The molecule has 0 saturated heterocycles. The standard InChI is InChI=1S/C16H27NO/c1-5-7-14-8-10-15(11-9-14)16(17-6-2)12-13(3)18-4/h8-11,13,16-17H,5-7,12H2,1-4H3. The monoisotopic (exact) mass is 249 g/mol. The van der Waals surface area contributed by atoms with E-state index in [-0.39, 0.29) is 6.10 Å². The fourth-order valence-electron chi connectivity index (χ4n) is 2.22. The van der Waals surface area contributed by atoms with Crippen LogP contribution in [0.4, 0.5) is 0 Å². The zero-order chi connectivity index (χ0) is 13.4. The number of ether oxygens (including phenoxy) is 1. The first kappa shape index (κ1) is 15.2. The highest BCUT2D eigenvalue weighted by Gasteiger charge is 2.13. The van der Waals surface area contributed by atoms with Gasteiger partial charge < -0.3 is 10.1 Å². The summed E-state index contributed by atoms with van der Waals surface area (Å²) in [5.41, 5.74) is 2.79. The van der Waals surface area contributed by atoms with Crippen molar-refractivity contribution in [2.75, 3.05) is 13.7 Å². The van der Waals surface area contributed by atoms with Gasteiger partial charge in [0.05, 0.1) is 6.10 Å². The van der Waals surface area contributed by atoms with E-state index in [2.05, 4.69) is 50.4 Å². The van der Waals surface area contributed by atoms with E-state index in [1.54, 1.807) is 7.11 Å². The van der Waals surface area contributed by atoms with Crippen molar-refractivity contribution in [3.05, 3.63) is 35.4 Å². The van der Waals surface area contributed by atoms with Crippen molar-refractivity contribution in [3.8, 4) is 0 Å². The predicted octanol–water partition coefficient (Wildman–Crippen LogP) is 3.71. The summed E-state index contributed by atoms with van der Waals surface area (Å²) in [5, 5.41) is 3.54. The van der Waals surface area contributed by atoms with Crippen LogP contribution in [-0.4, -0.2) is 19.8 Å². The normalized spacial score (nSPS) is 14.4. The SMILES string of the molecule is CCCc1ccc(C(CC(C)OC)NCC)cc1. The lowest BCUT2D eigenvalue weighted by Gasteiger charge is -2.21. The van der Waals surface area contributed by atoms with Gasteiger partial charge in [-0.25, -0.2) is 0 Å². The molecule has 0 radical (unpaired) electrons. The lowest BCUT2D eigenvalue weighted by molar-refractivity contribution is 0.101. The molecule has 0 heterocycles. The van der Waals surface area contributed by atoms with Crippen molar-refractivity contribution in [3.63, 3.8) is 0 Å². The van der Waals surface area contributed by atoms with Crippen molar-refractivity contribution in [2.45, 2.75) is 52.2 Å². The first-order valence-electron chi connectivity index (χ1n) is 7.06. The van der Waals surface area contributed by atoms with Gasteiger partial charge in [-0.05, 0) is 37.4 Å². The third-order valence-corrected chi connectivity index (χ3v) is 3.34. The van der Waals surface area contributed by atoms with Crippen molar-refractivity contribution in [1.82, 2.24) is 5.32 Å². The summed E-state index contributed by atoms with van der Waals surface area (Å²) in [5.74, 6) is 0. The molecule has 1 N–H and O–H groups in total. The van der Waals surface area contributed by atoms with Gasteiger partial charge in [-0.15, -0.1) is 0 Å². The van der Waals surface area contributed by atoms with Crippen LogP contribution in [0.1, 0.15) is 50.8 Å². The molecule has 2 unspecified atom stereocenters. The number of nitrogens with one attached hydrogen (secondary N) is 1. The van der Waals surface area contributed by atoms with E-state index in [4.69, 9.17) is 4.74 Å². The highest BCUT2D eigenvalue weighted by atomic mass is 16.5. The Bertz CT molecular complexity index is 320. The van der Waals surface area contributed by atoms with Crippen LogP contribution in [0.5, 0.6) is 0 Å². The Morgan fingerprint density at radius 1 is 1.17 bits per heavy atom. The fraction of sp³-hybridized carbons (Fsp3) is 0.625. The minimum absolute atomic E-state index is 0.282. The van der Waals surface area contributed by atoms with Crippen molar-refractivity contribution in [2.24, 2.45) is 0 Å². The van der Waals surface area contributed by atoms with Crippen LogP contribution in [0.3, 0.4) is 0 Å². The Morgan fingerprint density at radius 2 is 1.83 bits per heavy atom. The molecule has 0 fully saturated rings. The van der Waals surface area contributed by atoms with Crippen LogP contribution >= 0.6 is 0 Å². The number of hydrogen-bond donors (Lipinski definition) is 1. The molecular formula is C16H27NO. The number of hydrogen-bond acceptors (Lipinski definition) is 2. The van der Waals surface area contributed by atoms with Gasteiger partial charge in [0, 0.05) is 13.2 Å². The van der Waals surface area contributed by atoms with E-state index >= 15 is 0 Å². The van der Waals surface area contributed by atoms with Gasteiger partial charge in [-0.2, -0.15) is 0 Å². The molecule has 0 bridgehead atoms. The average Bonchev–Trinajstić information content (AvgIpc) is 2.39. The van der Waals surface area contributed by atoms with Crippen LogP contribution in [0.2, 0.25) is 0 Å². The molecule has 0 aliphatic heterocycles. The largest absolute Gasteiger partial charge is 0.382 e. The second-order valence-corrected chi connectivity index (χ2v) is 4.88. The van der Waals surface area contributed by atoms with E-state index in [0.29, 0.717) is 6.04 Å². The van der Waals surface area contributed by atoms with Crippen LogP contribution < -0.4 is 5.32 Å². The Balaban J connectivity index is 2.71. The maximum absolute atomic E-state index is 5.37. The zero-order valence-corrected chi connectivity index (χ0v) is 12.2. The molecule has 2 nitrogen and oxygen atoms in total. The molecule has 1 aromatic carbocycles. The quantitative estimate of drug-likeness (QED) is 0.758. The van der Waals surface area contributed by atoms with Crippen molar-refractivity contribution in [1.29, 1.82) is 0 Å². The van der Waals surface area contributed by atoms with Crippen LogP contribution in [-0.2, 0) is 11.2 Å². The van der Waals surface area contributed by atoms with Gasteiger partial charge in [-0.1, -0.05) is 44.5 Å². The Morgan fingerprint density at radius 3 is 2.33 bits per heavy atom. The first-order valence-corrected chi connectivity index (χ1v) is 7.06. The molecule has 2 atom stereocenters. The summed E-state index contributed by atoms with van der Waals surface area (Å²) < 4.78 is 5.37. The summed E-state index contributed by atoms with van der Waals surface area (Å²) in [4.78, 5) is 0. The van der Waals surface area contributed by atoms with Crippen LogP contribution in [0.15, 0.2) is 24.3 Å². The second kappa shape index (κ2) is 8.28. The lowest BCUT2D eigenvalue weighted by Crippen LogP contribution is -2.25. The van der Waals surface area contributed by atoms with Crippen molar-refractivity contribution < 1.29 is 4.74 Å². The summed E-state index contributed by atoms with van der Waals surface area (Å²) in [6, 6.07) is 9.39. The van der Waals surface area contributed by atoms with Gasteiger partial charge in [0.1, 0.15) is 0 Å². The van der Waals surface area contributed by atoms with E-state index in [1.807, 2.05) is 0 Å². The molecule has 1 aromatic rings. The van der Waals surface area contributed by atoms with Gasteiger partial charge in [0.15, 0.2) is 0 Å². The molecular weight excluding hydrogens is 222 g/mol. The fourth-order valence-corrected chi connectivity index (χ4v) is 2.22. The van der Waals surface area contributed by atoms with E-state index < -0.39 is 0 Å². The first-order chi connectivity index (χ1) is 8.71. The second-order valence-electron chi connectivity index (χ2n) is 4.88. The van der Waals surface area contributed by atoms with Gasteiger partial charge in [0.2, 0.25) is 0 Å². The Hall–Kier alpha value is -0.860. The van der Waals surface area contributed by atoms with Crippen LogP contribution in [0.25, 0.3) is 0 Å². The van der Waals surface area contributed by atoms with Crippen molar-refractivity contribution >= 4 is 0 Å². The van der Waals surface area contributed by atoms with E-state index in [0.717, 1.165) is 13.0 Å². The number of methoxy groups -OCH3 is 1. The molecule has 0 aliphatic rings. The highest BCUT2D eigenvalue weighted by Crippen LogP contribution is 2.20. The summed E-state index contributed by atoms with van der Waals surface area (Å²) in [7, 11) is 1.78. The number of aryl methyl sites for hydroxylation is 1. The topological polar surface area (TPSA) is 21.3 Å². The molecule has 2 heteroatoms. The molecule has 0 aliphatic carbocycles. The lowest BCUT2D eigenvalue weighted by atomic mass is 9.99. The maximum atomic E-state index is 5.37. The summed E-state index contributed by atoms with van der Waals surface area (Å²) in [6.45, 7) is 7.47. The molecule has 18 heavy (non-hydrogen) atoms. The third-order valence-electron chi connectivity index (χ3n) is 3.34. The molecule has 0 aromatic heterocycles. The molecule has 1 rings (SSSR count). The molecule has 102 valence electrons. The maximum Gasteiger partial charge on any atom is 0.0561 e. The molecule has 0 amide bonds. The molecule has 0 spiro atoms. The number of benzene rings is 1. The highest BCUT2D eigenvalue weighted by molar-refractivity contribution is 5.25. The van der Waals surface area contributed by atoms with Gasteiger partial charge >= 0.3 is 0 Å². The minimum Gasteiger partial charge on any atom is -0.382 e. The van der Waals surface area contributed by atoms with E-state index in [1.165, 1.54) is 24.0 Å². The van der Waals surface area contributed by atoms with Gasteiger partial charge in [-0.3, -0.25) is 0 Å². The number of rotatable bonds is 8. The summed E-state index contributed by atoms with van der Waals surface area (Å²) in [6.07, 6.45) is 3.67. The molecule has 0 saturated carbocycles. The minimum atomic E-state index is 0.282. The van der Waals surface area contributed by atoms with Gasteiger partial charge in [0.25, 0.3) is 0 Å². The predicted molar refractivity (Wildman–Crippen MR) is 77.9 cm³/mol. The smallest absolute Gasteiger partial charge is 0.0561 e.